The number of aryl methyl sites for hydroxylation is 1. The van der Waals surface area contributed by atoms with Gasteiger partial charge >= 0.3 is 5.97 Å². The Balaban J connectivity index is 1.63. The molecule has 0 N–H and O–H groups in total. The van der Waals surface area contributed by atoms with Crippen molar-refractivity contribution in [1.29, 1.82) is 0 Å². The highest BCUT2D eigenvalue weighted by Gasteiger charge is 2.42. The zero-order valence-corrected chi connectivity index (χ0v) is 23.0. The Kier molecular flexibility index (Phi) is 8.61. The monoisotopic (exact) mass is 581 g/mol. The molecule has 1 aliphatic heterocycles. The highest BCUT2D eigenvalue weighted by atomic mass is 79.9. The van der Waals surface area contributed by atoms with Gasteiger partial charge in [-0.05, 0) is 49.2 Å². The topological polar surface area (TPSA) is 55.8 Å². The molecule has 0 radical (unpaired) electrons. The highest BCUT2D eigenvalue weighted by molar-refractivity contribution is 9.10. The third-order valence-electron chi connectivity index (χ3n) is 5.48. The van der Waals surface area contributed by atoms with Crippen LogP contribution in [0.25, 0.3) is 6.08 Å². The van der Waals surface area contributed by atoms with E-state index in [2.05, 4.69) is 15.9 Å². The second-order valence-electron chi connectivity index (χ2n) is 8.07. The normalized spacial score (nSPS) is 15.3. The Morgan fingerprint density at radius 2 is 1.83 bits per heavy atom. The van der Waals surface area contributed by atoms with Crippen LogP contribution in [0.3, 0.4) is 0 Å². The van der Waals surface area contributed by atoms with E-state index in [-0.39, 0.29) is 12.5 Å². The van der Waals surface area contributed by atoms with Crippen molar-refractivity contribution < 1.29 is 19.1 Å². The van der Waals surface area contributed by atoms with Crippen LogP contribution in [0.15, 0.2) is 82.2 Å². The molecule has 1 saturated heterocycles. The fraction of sp³-hybridized carbons (Fsp3) is 0.179. The summed E-state index contributed by atoms with van der Waals surface area (Å²) in [5.41, 5.74) is 3.59. The molecule has 3 aromatic carbocycles. The van der Waals surface area contributed by atoms with Crippen LogP contribution < -0.4 is 4.74 Å². The molecule has 0 aliphatic carbocycles. The van der Waals surface area contributed by atoms with Crippen molar-refractivity contribution in [2.45, 2.75) is 26.5 Å². The summed E-state index contributed by atoms with van der Waals surface area (Å²) < 4.78 is 12.5. The van der Waals surface area contributed by atoms with Gasteiger partial charge in [0.25, 0.3) is 5.91 Å². The molecule has 184 valence electrons. The number of carbonyl (C=O) groups excluding carboxylic acids is 2. The summed E-state index contributed by atoms with van der Waals surface area (Å²) in [6, 6.07) is 21.9. The van der Waals surface area contributed by atoms with E-state index in [1.807, 2.05) is 67.6 Å². The van der Waals surface area contributed by atoms with Gasteiger partial charge in [-0.2, -0.15) is 0 Å². The molecule has 1 atom stereocenters. The van der Waals surface area contributed by atoms with Crippen LogP contribution >= 0.6 is 39.9 Å². The van der Waals surface area contributed by atoms with Crippen molar-refractivity contribution in [2.75, 3.05) is 6.61 Å². The fourth-order valence-corrected chi connectivity index (χ4v) is 5.38. The van der Waals surface area contributed by atoms with E-state index in [0.29, 0.717) is 27.1 Å². The molecule has 4 rings (SSSR count). The van der Waals surface area contributed by atoms with Gasteiger partial charge in [-0.1, -0.05) is 100 Å². The Morgan fingerprint density at radius 1 is 1.11 bits per heavy atom. The maximum atomic E-state index is 13.5. The summed E-state index contributed by atoms with van der Waals surface area (Å²) in [4.78, 5) is 28.2. The van der Waals surface area contributed by atoms with Gasteiger partial charge < -0.3 is 9.47 Å². The van der Waals surface area contributed by atoms with Crippen LogP contribution in [-0.4, -0.2) is 27.7 Å². The maximum Gasteiger partial charge on any atom is 0.333 e. The maximum absolute atomic E-state index is 13.5. The number of amides is 1. The first-order valence-corrected chi connectivity index (χ1v) is 13.4. The van der Waals surface area contributed by atoms with Gasteiger partial charge in [0.1, 0.15) is 16.7 Å². The van der Waals surface area contributed by atoms with Gasteiger partial charge in [0, 0.05) is 10.0 Å². The number of halogens is 1. The average molecular weight is 583 g/mol. The van der Waals surface area contributed by atoms with Crippen LogP contribution in [0.4, 0.5) is 0 Å². The Labute approximate surface area is 228 Å². The first-order valence-electron chi connectivity index (χ1n) is 11.3. The lowest BCUT2D eigenvalue weighted by Crippen LogP contribution is -2.38. The lowest BCUT2D eigenvalue weighted by molar-refractivity contribution is -0.151. The summed E-state index contributed by atoms with van der Waals surface area (Å²) in [5, 5.41) is 0. The van der Waals surface area contributed by atoms with Gasteiger partial charge in [-0.25, -0.2) is 4.79 Å². The van der Waals surface area contributed by atoms with Gasteiger partial charge in [0.05, 0.1) is 11.5 Å². The smallest absolute Gasteiger partial charge is 0.333 e. The standard InChI is InChI=1S/C28H24BrNO4S2/c1-3-33-27(32)25(20-7-5-4-6-8-20)30-26(31)24(36-28(30)35)16-21-15-22(29)13-14-23(21)34-17-19-11-9-18(2)10-12-19/h4-16,25H,3,17H2,1-2H3/b24-16+. The zero-order chi connectivity index (χ0) is 25.7. The second-order valence-corrected chi connectivity index (χ2v) is 10.7. The molecule has 0 spiro atoms. The minimum Gasteiger partial charge on any atom is -0.488 e. The highest BCUT2D eigenvalue weighted by Crippen LogP contribution is 2.40. The molecule has 1 heterocycles. The van der Waals surface area contributed by atoms with Crippen LogP contribution in [-0.2, 0) is 20.9 Å². The molecule has 0 saturated carbocycles. The Hall–Kier alpha value is -2.94. The summed E-state index contributed by atoms with van der Waals surface area (Å²) in [7, 11) is 0. The minimum atomic E-state index is -0.954. The molecule has 3 aromatic rings. The van der Waals surface area contributed by atoms with E-state index in [1.54, 1.807) is 25.1 Å². The van der Waals surface area contributed by atoms with Gasteiger partial charge in [0.2, 0.25) is 0 Å². The SMILES string of the molecule is CCOC(=O)C(c1ccccc1)N1C(=O)/C(=C\c2cc(Br)ccc2OCc2ccc(C)cc2)SC1=S. The molecular weight excluding hydrogens is 558 g/mol. The van der Waals surface area contributed by atoms with Gasteiger partial charge in [-0.3, -0.25) is 9.69 Å². The molecule has 1 amide bonds. The van der Waals surface area contributed by atoms with Gasteiger partial charge in [-0.15, -0.1) is 0 Å². The molecule has 0 aromatic heterocycles. The Morgan fingerprint density at radius 3 is 2.53 bits per heavy atom. The van der Waals surface area contributed by atoms with Crippen molar-refractivity contribution in [3.63, 3.8) is 0 Å². The van der Waals surface area contributed by atoms with E-state index in [9.17, 15) is 9.59 Å². The van der Waals surface area contributed by atoms with E-state index in [1.165, 1.54) is 10.5 Å². The minimum absolute atomic E-state index is 0.201. The van der Waals surface area contributed by atoms with E-state index in [0.717, 1.165) is 27.4 Å². The van der Waals surface area contributed by atoms with Crippen molar-refractivity contribution >= 4 is 62.2 Å². The molecular formula is C28H24BrNO4S2. The van der Waals surface area contributed by atoms with E-state index in [4.69, 9.17) is 21.7 Å². The molecule has 0 bridgehead atoms. The fourth-order valence-electron chi connectivity index (χ4n) is 3.70. The number of hydrogen-bond donors (Lipinski definition) is 0. The first-order chi connectivity index (χ1) is 17.4. The van der Waals surface area contributed by atoms with Crippen LogP contribution in [0, 0.1) is 6.92 Å². The van der Waals surface area contributed by atoms with E-state index >= 15 is 0 Å². The quantitative estimate of drug-likeness (QED) is 0.165. The molecule has 5 nitrogen and oxygen atoms in total. The average Bonchev–Trinajstić information content (AvgIpc) is 3.13. The number of rotatable bonds is 8. The number of benzene rings is 3. The van der Waals surface area contributed by atoms with Crippen molar-refractivity contribution in [3.05, 3.63) is 104 Å². The van der Waals surface area contributed by atoms with Crippen LogP contribution in [0.5, 0.6) is 5.75 Å². The van der Waals surface area contributed by atoms with Crippen molar-refractivity contribution in [2.24, 2.45) is 0 Å². The van der Waals surface area contributed by atoms with Crippen LogP contribution in [0.1, 0.15) is 35.2 Å². The largest absolute Gasteiger partial charge is 0.488 e. The summed E-state index contributed by atoms with van der Waals surface area (Å²) in [6.07, 6.45) is 1.75. The predicted molar refractivity (Wildman–Crippen MR) is 150 cm³/mol. The van der Waals surface area contributed by atoms with Crippen LogP contribution in [0.2, 0.25) is 0 Å². The lowest BCUT2D eigenvalue weighted by Gasteiger charge is -2.25. The second kappa shape index (κ2) is 11.9. The number of hydrogen-bond acceptors (Lipinski definition) is 6. The number of ether oxygens (including phenoxy) is 2. The molecule has 1 aliphatic rings. The Bertz CT molecular complexity index is 1310. The summed E-state index contributed by atoms with van der Waals surface area (Å²) in [6.45, 7) is 4.36. The number of thiocarbonyl (C=S) groups is 1. The predicted octanol–water partition coefficient (Wildman–Crippen LogP) is 6.84. The third-order valence-corrected chi connectivity index (χ3v) is 7.30. The molecule has 1 unspecified atom stereocenters. The summed E-state index contributed by atoms with van der Waals surface area (Å²) >= 11 is 10.2. The molecule has 8 heteroatoms. The first kappa shape index (κ1) is 26.1. The van der Waals surface area contributed by atoms with Crippen molar-refractivity contribution in [3.8, 4) is 5.75 Å². The number of thioether (sulfide) groups is 1. The molecule has 1 fully saturated rings. The number of carbonyl (C=O) groups is 2. The summed E-state index contributed by atoms with van der Waals surface area (Å²) in [5.74, 6) is -0.240. The van der Waals surface area contributed by atoms with Gasteiger partial charge in [0.15, 0.2) is 6.04 Å². The zero-order valence-electron chi connectivity index (χ0n) is 19.8. The number of esters is 1. The number of nitrogens with zero attached hydrogens (tertiary/aromatic N) is 1. The third kappa shape index (κ3) is 6.06. The van der Waals surface area contributed by atoms with Crippen molar-refractivity contribution in [1.82, 2.24) is 4.90 Å². The van der Waals surface area contributed by atoms with E-state index < -0.39 is 12.0 Å². The lowest BCUT2D eigenvalue weighted by atomic mass is 10.1. The molecule has 36 heavy (non-hydrogen) atoms.